The number of nitrogens with zero attached hydrogens (tertiary/aromatic N) is 3. The molecule has 9 nitrogen and oxygen atoms in total. The Morgan fingerprint density at radius 3 is 2.66 bits per heavy atom. The quantitative estimate of drug-likeness (QED) is 0.452. The maximum absolute atomic E-state index is 15.1. The molecule has 3 aliphatic heterocycles. The van der Waals surface area contributed by atoms with Crippen LogP contribution in [0.4, 0.5) is 14.5 Å². The molecule has 0 unspecified atom stereocenters. The van der Waals surface area contributed by atoms with E-state index in [2.05, 4.69) is 20.9 Å². The van der Waals surface area contributed by atoms with Gasteiger partial charge in [0.15, 0.2) is 0 Å². The maximum Gasteiger partial charge on any atom is 0.255 e. The summed E-state index contributed by atoms with van der Waals surface area (Å²) in [6.07, 6.45) is 6.59. The average Bonchev–Trinajstić information content (AvgIpc) is 3.61. The van der Waals surface area contributed by atoms with Gasteiger partial charge in [-0.25, -0.2) is 8.78 Å². The van der Waals surface area contributed by atoms with Gasteiger partial charge in [0.25, 0.3) is 5.92 Å². The molecule has 204 valence electrons. The summed E-state index contributed by atoms with van der Waals surface area (Å²) >= 11 is 0. The average molecular weight is 529 g/mol. The van der Waals surface area contributed by atoms with Crippen LogP contribution in [-0.2, 0) is 14.4 Å². The minimum atomic E-state index is -3.09. The maximum atomic E-state index is 15.1. The number of hydrogen-bond acceptors (Lipinski definition) is 6. The van der Waals surface area contributed by atoms with E-state index in [4.69, 9.17) is 0 Å². The highest BCUT2D eigenvalue weighted by atomic mass is 19.3. The van der Waals surface area contributed by atoms with Gasteiger partial charge in [-0.1, -0.05) is 12.8 Å². The summed E-state index contributed by atoms with van der Waals surface area (Å²) in [6.45, 7) is 2.39. The van der Waals surface area contributed by atoms with E-state index in [9.17, 15) is 19.6 Å². The molecule has 6 rings (SSSR count). The Balaban J connectivity index is 1.38. The molecule has 5 aliphatic rings. The van der Waals surface area contributed by atoms with Gasteiger partial charge in [0.2, 0.25) is 17.7 Å². The minimum Gasteiger partial charge on any atom is -0.372 e. The predicted molar refractivity (Wildman–Crippen MR) is 134 cm³/mol. The van der Waals surface area contributed by atoms with E-state index in [0.717, 1.165) is 18.4 Å². The number of hydrogen-bond donors (Lipinski definition) is 3. The molecule has 5 fully saturated rings. The van der Waals surface area contributed by atoms with Gasteiger partial charge in [-0.2, -0.15) is 5.26 Å². The number of nitrogens with one attached hydrogen (secondary N) is 3. The molecular weight excluding hydrogens is 494 g/mol. The smallest absolute Gasteiger partial charge is 0.255 e. The molecule has 0 spiro atoms. The third kappa shape index (κ3) is 5.45. The lowest BCUT2D eigenvalue weighted by atomic mass is 9.71. The number of amides is 3. The molecule has 0 aromatic carbocycles. The van der Waals surface area contributed by atoms with E-state index in [-0.39, 0.29) is 24.7 Å². The van der Waals surface area contributed by atoms with Crippen molar-refractivity contribution in [3.8, 4) is 6.07 Å². The van der Waals surface area contributed by atoms with Crippen molar-refractivity contribution in [2.75, 3.05) is 11.9 Å². The van der Waals surface area contributed by atoms with Crippen LogP contribution < -0.4 is 16.0 Å². The van der Waals surface area contributed by atoms with Gasteiger partial charge in [0, 0.05) is 37.3 Å². The number of pyridine rings is 1. The minimum absolute atomic E-state index is 0.103. The number of nitriles is 1. The normalized spacial score (nSPS) is 29.2. The molecule has 11 heteroatoms. The van der Waals surface area contributed by atoms with Crippen LogP contribution in [0.2, 0.25) is 0 Å². The number of aromatic nitrogens is 1. The summed E-state index contributed by atoms with van der Waals surface area (Å²) in [7, 11) is 0. The van der Waals surface area contributed by atoms with Crippen molar-refractivity contribution in [1.29, 1.82) is 5.26 Å². The molecule has 4 heterocycles. The van der Waals surface area contributed by atoms with E-state index < -0.39 is 54.3 Å². The molecule has 1 aromatic rings. The highest BCUT2D eigenvalue weighted by molar-refractivity contribution is 5.92. The zero-order valence-corrected chi connectivity index (χ0v) is 21.5. The Morgan fingerprint density at radius 2 is 2.03 bits per heavy atom. The number of aryl methyl sites for hydroxylation is 1. The standard InChI is InChI=1S/C27H34F2N6O3/c1-15-8-19(14-31-13-15)33-22(9-16-2-3-16)26(38)35-20-4-5-21(27(28,29)11-20)23(35)25(37)34-18(12-30)10-17-6-7-32-24(17)36/h8,13-14,16-18,20-23,33H,2-7,9-11H2,1H3,(H,32,36)(H,34,37)/t17-,18+,20+,21+,22+,23+/m1/s1. The van der Waals surface area contributed by atoms with Crippen molar-refractivity contribution in [3.05, 3.63) is 24.0 Å². The fourth-order valence-corrected chi connectivity index (χ4v) is 6.30. The predicted octanol–water partition coefficient (Wildman–Crippen LogP) is 2.52. The van der Waals surface area contributed by atoms with Crippen LogP contribution in [0.15, 0.2) is 18.5 Å². The lowest BCUT2D eigenvalue weighted by molar-refractivity contribution is -0.194. The Kier molecular flexibility index (Phi) is 7.25. The fourth-order valence-electron chi connectivity index (χ4n) is 6.30. The molecule has 3 saturated heterocycles. The van der Waals surface area contributed by atoms with Crippen LogP contribution in [-0.4, -0.2) is 64.2 Å². The number of carbonyl (C=O) groups is 3. The van der Waals surface area contributed by atoms with E-state index in [1.54, 1.807) is 12.4 Å². The SMILES string of the molecule is Cc1cncc(N[C@@H](CC2CC2)C(=O)N2[C@H]3CC[C@@H]([C@H]2C(=O)N[C@H](C#N)C[C@H]2CCNC2=O)C(F)(F)C3)c1. The van der Waals surface area contributed by atoms with Gasteiger partial charge >= 0.3 is 0 Å². The molecule has 2 saturated carbocycles. The molecule has 38 heavy (non-hydrogen) atoms. The summed E-state index contributed by atoms with van der Waals surface area (Å²) in [5, 5.41) is 18.2. The third-order valence-corrected chi connectivity index (χ3v) is 8.39. The highest BCUT2D eigenvalue weighted by Crippen LogP contribution is 2.49. The lowest BCUT2D eigenvalue weighted by Crippen LogP contribution is -2.70. The number of carbonyl (C=O) groups excluding carboxylic acids is 3. The molecular formula is C27H34F2N6O3. The largest absolute Gasteiger partial charge is 0.372 e. The van der Waals surface area contributed by atoms with Gasteiger partial charge in [0.1, 0.15) is 18.1 Å². The highest BCUT2D eigenvalue weighted by Gasteiger charge is 2.61. The van der Waals surface area contributed by atoms with Crippen molar-refractivity contribution in [2.24, 2.45) is 17.8 Å². The summed E-state index contributed by atoms with van der Waals surface area (Å²) in [5.41, 5.74) is 1.58. The molecule has 3 amide bonds. The second-order valence-electron chi connectivity index (χ2n) is 11.3. The van der Waals surface area contributed by atoms with E-state index in [0.29, 0.717) is 37.4 Å². The molecule has 2 bridgehead atoms. The summed E-state index contributed by atoms with van der Waals surface area (Å²) in [5.74, 6) is -5.77. The number of halogens is 2. The first-order chi connectivity index (χ1) is 18.2. The van der Waals surface area contributed by atoms with Crippen LogP contribution in [0, 0.1) is 36.0 Å². The summed E-state index contributed by atoms with van der Waals surface area (Å²) in [4.78, 5) is 45.1. The van der Waals surface area contributed by atoms with Crippen molar-refractivity contribution in [3.63, 3.8) is 0 Å². The molecule has 3 N–H and O–H groups in total. The molecule has 0 radical (unpaired) electrons. The van der Waals surface area contributed by atoms with Crippen molar-refractivity contribution < 1.29 is 23.2 Å². The first kappa shape index (κ1) is 26.3. The third-order valence-electron chi connectivity index (χ3n) is 8.39. The molecule has 2 aliphatic carbocycles. The second kappa shape index (κ2) is 10.5. The van der Waals surface area contributed by atoms with Gasteiger partial charge in [0.05, 0.1) is 17.7 Å². The van der Waals surface area contributed by atoms with Crippen LogP contribution in [0.1, 0.15) is 56.9 Å². The first-order valence-electron chi connectivity index (χ1n) is 13.5. The zero-order chi connectivity index (χ0) is 27.0. The second-order valence-corrected chi connectivity index (χ2v) is 11.3. The molecule has 1 aromatic heterocycles. The van der Waals surface area contributed by atoms with E-state index >= 15 is 8.78 Å². The van der Waals surface area contributed by atoms with E-state index in [1.807, 2.05) is 19.1 Å². The van der Waals surface area contributed by atoms with Crippen LogP contribution in [0.5, 0.6) is 0 Å². The summed E-state index contributed by atoms with van der Waals surface area (Å²) in [6, 6.07) is 0.0408. The van der Waals surface area contributed by atoms with Crippen molar-refractivity contribution >= 4 is 23.4 Å². The topological polar surface area (TPSA) is 127 Å². The van der Waals surface area contributed by atoms with Gasteiger partial charge in [-0.3, -0.25) is 19.4 Å². The Labute approximate surface area is 220 Å². The molecule has 6 atom stereocenters. The van der Waals surface area contributed by atoms with Crippen LogP contribution in [0.25, 0.3) is 0 Å². The monoisotopic (exact) mass is 528 g/mol. The van der Waals surface area contributed by atoms with Crippen LogP contribution in [0.3, 0.4) is 0 Å². The summed E-state index contributed by atoms with van der Waals surface area (Å²) < 4.78 is 30.2. The van der Waals surface area contributed by atoms with Gasteiger partial charge < -0.3 is 20.9 Å². The number of fused-ring (bicyclic) bond motifs is 3. The van der Waals surface area contributed by atoms with Crippen LogP contribution >= 0.6 is 0 Å². The number of alkyl halides is 2. The van der Waals surface area contributed by atoms with E-state index in [1.165, 1.54) is 4.90 Å². The Bertz CT molecular complexity index is 1140. The first-order valence-corrected chi connectivity index (χ1v) is 13.5. The fraction of sp³-hybridized carbons (Fsp3) is 0.667. The number of anilines is 1. The number of rotatable bonds is 9. The van der Waals surface area contributed by atoms with Gasteiger partial charge in [-0.05, 0) is 56.6 Å². The number of piperidine rings is 2. The van der Waals surface area contributed by atoms with Crippen molar-refractivity contribution in [2.45, 2.75) is 88.4 Å². The lowest BCUT2D eigenvalue weighted by Gasteiger charge is -2.54. The van der Waals surface area contributed by atoms with Gasteiger partial charge in [-0.15, -0.1) is 0 Å². The Hall–Kier alpha value is -3.29. The zero-order valence-electron chi connectivity index (χ0n) is 21.5. The Morgan fingerprint density at radius 1 is 1.24 bits per heavy atom. The van der Waals surface area contributed by atoms with Crippen molar-refractivity contribution in [1.82, 2.24) is 20.5 Å².